The third kappa shape index (κ3) is 9.45. The van der Waals surface area contributed by atoms with Crippen molar-refractivity contribution in [2.24, 2.45) is 16.8 Å². The van der Waals surface area contributed by atoms with E-state index in [1.54, 1.807) is 4.31 Å². The Bertz CT molecular complexity index is 497. The van der Waals surface area contributed by atoms with Crippen LogP contribution in [-0.4, -0.2) is 57.2 Å². The number of piperidine rings is 1. The Morgan fingerprint density at radius 1 is 1.20 bits per heavy atom. The third-order valence-corrected chi connectivity index (χ3v) is 6.00. The fourth-order valence-electron chi connectivity index (χ4n) is 3.10. The largest absolute Gasteiger partial charge is 0.357 e. The molecular weight excluding hydrogens is 336 g/mol. The van der Waals surface area contributed by atoms with E-state index in [2.05, 4.69) is 38.3 Å². The molecular formula is C18H38N4O2S. The molecule has 0 aromatic carbocycles. The summed E-state index contributed by atoms with van der Waals surface area (Å²) in [5.74, 6) is 2.10. The molecule has 1 saturated heterocycles. The van der Waals surface area contributed by atoms with Crippen LogP contribution in [0.5, 0.6) is 0 Å². The minimum Gasteiger partial charge on any atom is -0.357 e. The van der Waals surface area contributed by atoms with E-state index in [9.17, 15) is 8.42 Å². The Morgan fingerprint density at radius 3 is 2.36 bits per heavy atom. The molecule has 1 fully saturated rings. The van der Waals surface area contributed by atoms with Gasteiger partial charge in [0.05, 0.1) is 6.26 Å². The van der Waals surface area contributed by atoms with Gasteiger partial charge < -0.3 is 10.6 Å². The van der Waals surface area contributed by atoms with E-state index < -0.39 is 10.0 Å². The van der Waals surface area contributed by atoms with Crippen molar-refractivity contribution in [1.29, 1.82) is 0 Å². The Morgan fingerprint density at radius 2 is 1.84 bits per heavy atom. The minimum atomic E-state index is -3.05. The first-order valence-corrected chi connectivity index (χ1v) is 11.6. The van der Waals surface area contributed by atoms with Gasteiger partial charge in [0.1, 0.15) is 0 Å². The van der Waals surface area contributed by atoms with Crippen LogP contribution in [0.2, 0.25) is 0 Å². The summed E-state index contributed by atoms with van der Waals surface area (Å²) in [5, 5.41) is 6.81. The second-order valence-corrected chi connectivity index (χ2v) is 9.68. The number of nitrogens with zero attached hydrogens (tertiary/aromatic N) is 2. The van der Waals surface area contributed by atoms with E-state index in [1.165, 1.54) is 19.1 Å². The predicted molar refractivity (Wildman–Crippen MR) is 106 cm³/mol. The molecule has 1 unspecified atom stereocenters. The van der Waals surface area contributed by atoms with Crippen LogP contribution in [0.3, 0.4) is 0 Å². The van der Waals surface area contributed by atoms with E-state index >= 15 is 0 Å². The van der Waals surface area contributed by atoms with E-state index in [0.717, 1.165) is 44.2 Å². The number of aliphatic imine (C=N–C) groups is 1. The third-order valence-electron chi connectivity index (χ3n) is 4.70. The molecule has 0 radical (unpaired) electrons. The van der Waals surface area contributed by atoms with E-state index in [1.807, 2.05) is 0 Å². The molecule has 6 nitrogen and oxygen atoms in total. The minimum absolute atomic E-state index is 0.406. The molecule has 0 aromatic heterocycles. The second-order valence-electron chi connectivity index (χ2n) is 7.70. The van der Waals surface area contributed by atoms with Crippen molar-refractivity contribution in [2.75, 3.05) is 32.4 Å². The molecule has 0 spiro atoms. The molecule has 1 rings (SSSR count). The summed E-state index contributed by atoms with van der Waals surface area (Å²) >= 11 is 0. The van der Waals surface area contributed by atoms with Gasteiger partial charge in [0.2, 0.25) is 10.0 Å². The van der Waals surface area contributed by atoms with Crippen molar-refractivity contribution in [3.05, 3.63) is 0 Å². The highest BCUT2D eigenvalue weighted by atomic mass is 32.2. The van der Waals surface area contributed by atoms with Crippen LogP contribution in [0.1, 0.15) is 59.8 Å². The zero-order valence-corrected chi connectivity index (χ0v) is 17.5. The normalized spacial score (nSPS) is 19.2. The summed E-state index contributed by atoms with van der Waals surface area (Å²) in [6.07, 6.45) is 6.71. The predicted octanol–water partition coefficient (Wildman–Crippen LogP) is 2.43. The number of sulfonamides is 1. The van der Waals surface area contributed by atoms with Crippen molar-refractivity contribution >= 4 is 16.0 Å². The molecule has 0 amide bonds. The molecule has 1 heterocycles. The lowest BCUT2D eigenvalue weighted by Gasteiger charge is -2.29. The quantitative estimate of drug-likeness (QED) is 0.480. The fraction of sp³-hybridized carbons (Fsp3) is 0.944. The molecule has 148 valence electrons. The monoisotopic (exact) mass is 374 g/mol. The van der Waals surface area contributed by atoms with Gasteiger partial charge in [0, 0.05) is 32.2 Å². The van der Waals surface area contributed by atoms with Crippen LogP contribution in [0.15, 0.2) is 4.99 Å². The first-order chi connectivity index (χ1) is 11.7. The van der Waals surface area contributed by atoms with Gasteiger partial charge in [0.15, 0.2) is 5.96 Å². The molecule has 0 saturated carbocycles. The molecule has 25 heavy (non-hydrogen) atoms. The van der Waals surface area contributed by atoms with Crippen molar-refractivity contribution in [1.82, 2.24) is 14.9 Å². The zero-order valence-electron chi connectivity index (χ0n) is 16.7. The summed E-state index contributed by atoms with van der Waals surface area (Å²) in [6, 6.07) is 0.406. The lowest BCUT2D eigenvalue weighted by molar-refractivity contribution is 0.280. The van der Waals surface area contributed by atoms with Gasteiger partial charge in [0.25, 0.3) is 0 Å². The number of guanidine groups is 1. The van der Waals surface area contributed by atoms with E-state index in [-0.39, 0.29) is 0 Å². The first kappa shape index (κ1) is 22.2. The lowest BCUT2D eigenvalue weighted by Crippen LogP contribution is -2.43. The van der Waals surface area contributed by atoms with Crippen LogP contribution < -0.4 is 10.6 Å². The number of hydrogen-bond donors (Lipinski definition) is 2. The number of nitrogens with one attached hydrogen (secondary N) is 2. The number of rotatable bonds is 9. The molecule has 0 aromatic rings. The Kier molecular flexibility index (Phi) is 9.79. The summed E-state index contributed by atoms with van der Waals surface area (Å²) in [7, 11) is -3.05. The Labute approximate surface area is 154 Å². The fourth-order valence-corrected chi connectivity index (χ4v) is 3.98. The SMILES string of the molecule is CCNC(=NCC1CCN(S(C)(=O)=O)CC1)NC(C)CCCC(C)C. The maximum Gasteiger partial charge on any atom is 0.211 e. The van der Waals surface area contributed by atoms with Gasteiger partial charge in [-0.15, -0.1) is 0 Å². The van der Waals surface area contributed by atoms with Gasteiger partial charge in [-0.3, -0.25) is 4.99 Å². The van der Waals surface area contributed by atoms with Gasteiger partial charge in [-0.2, -0.15) is 0 Å². The molecule has 7 heteroatoms. The van der Waals surface area contributed by atoms with Gasteiger partial charge in [-0.1, -0.05) is 26.7 Å². The maximum atomic E-state index is 11.6. The van der Waals surface area contributed by atoms with Crippen molar-refractivity contribution in [3.63, 3.8) is 0 Å². The van der Waals surface area contributed by atoms with Crippen LogP contribution in [-0.2, 0) is 10.0 Å². The molecule has 1 aliphatic heterocycles. The number of hydrogen-bond acceptors (Lipinski definition) is 3. The first-order valence-electron chi connectivity index (χ1n) is 9.72. The Hall–Kier alpha value is -0.820. The van der Waals surface area contributed by atoms with Crippen molar-refractivity contribution < 1.29 is 8.42 Å². The Balaban J connectivity index is 2.42. The summed E-state index contributed by atoms with van der Waals surface area (Å²) < 4.78 is 24.7. The standard InChI is InChI=1S/C18H38N4O2S/c1-6-19-18(21-16(4)9-7-8-15(2)3)20-14-17-10-12-22(13-11-17)25(5,23)24/h15-17H,6-14H2,1-5H3,(H2,19,20,21). The molecule has 0 aliphatic carbocycles. The smallest absolute Gasteiger partial charge is 0.211 e. The van der Waals surface area contributed by atoms with Gasteiger partial charge in [-0.05, 0) is 44.9 Å². The average molecular weight is 375 g/mol. The van der Waals surface area contributed by atoms with Crippen LogP contribution >= 0.6 is 0 Å². The molecule has 1 atom stereocenters. The van der Waals surface area contributed by atoms with Crippen LogP contribution in [0.4, 0.5) is 0 Å². The molecule has 2 N–H and O–H groups in total. The summed E-state index contributed by atoms with van der Waals surface area (Å²) in [5.41, 5.74) is 0. The van der Waals surface area contributed by atoms with Gasteiger partial charge >= 0.3 is 0 Å². The van der Waals surface area contributed by atoms with Crippen LogP contribution in [0.25, 0.3) is 0 Å². The highest BCUT2D eigenvalue weighted by Gasteiger charge is 2.24. The highest BCUT2D eigenvalue weighted by molar-refractivity contribution is 7.88. The van der Waals surface area contributed by atoms with Crippen molar-refractivity contribution in [2.45, 2.75) is 65.8 Å². The zero-order chi connectivity index (χ0) is 18.9. The summed E-state index contributed by atoms with van der Waals surface area (Å²) in [4.78, 5) is 4.73. The van der Waals surface area contributed by atoms with Gasteiger partial charge in [-0.25, -0.2) is 12.7 Å². The molecule has 0 bridgehead atoms. The molecule has 1 aliphatic rings. The second kappa shape index (κ2) is 11.0. The average Bonchev–Trinajstić information content (AvgIpc) is 2.52. The van der Waals surface area contributed by atoms with E-state index in [4.69, 9.17) is 4.99 Å². The van der Waals surface area contributed by atoms with E-state index in [0.29, 0.717) is 25.0 Å². The summed E-state index contributed by atoms with van der Waals surface area (Å²) in [6.45, 7) is 11.6. The highest BCUT2D eigenvalue weighted by Crippen LogP contribution is 2.19. The topological polar surface area (TPSA) is 73.8 Å². The lowest BCUT2D eigenvalue weighted by atomic mass is 9.98. The van der Waals surface area contributed by atoms with Crippen molar-refractivity contribution in [3.8, 4) is 0 Å². The van der Waals surface area contributed by atoms with Crippen LogP contribution in [0, 0.1) is 11.8 Å². The maximum absolute atomic E-state index is 11.6.